The normalized spacial score (nSPS) is 14.3. The Morgan fingerprint density at radius 1 is 1.19 bits per heavy atom. The summed E-state index contributed by atoms with van der Waals surface area (Å²) in [7, 11) is 0. The van der Waals surface area contributed by atoms with Crippen LogP contribution in [0, 0.1) is 0 Å². The Morgan fingerprint density at radius 3 is 2.62 bits per heavy atom. The number of hydrogen-bond donors (Lipinski definition) is 4. The van der Waals surface area contributed by atoms with Crippen molar-refractivity contribution in [3.63, 3.8) is 0 Å². The molecule has 1 fully saturated rings. The van der Waals surface area contributed by atoms with Crippen molar-refractivity contribution < 1.29 is 14.3 Å². The van der Waals surface area contributed by atoms with Crippen molar-refractivity contribution in [1.29, 1.82) is 0 Å². The first-order chi connectivity index (χ1) is 12.5. The van der Waals surface area contributed by atoms with Crippen LogP contribution in [-0.4, -0.2) is 48.1 Å². The number of urea groups is 1. The zero-order chi connectivity index (χ0) is 18.5. The number of benzene rings is 1. The summed E-state index contributed by atoms with van der Waals surface area (Å²) in [5, 5.41) is 2.38. The molecule has 0 spiro atoms. The second-order valence-corrected chi connectivity index (χ2v) is 6.22. The number of likely N-dealkylation sites (tertiary alicyclic amines) is 1. The summed E-state index contributed by atoms with van der Waals surface area (Å²) in [6.45, 7) is 3.68. The van der Waals surface area contributed by atoms with Crippen LogP contribution in [0.3, 0.4) is 0 Å². The molecule has 2 heterocycles. The fraction of sp³-hybridized carbons (Fsp3) is 0.333. The van der Waals surface area contributed by atoms with Crippen molar-refractivity contribution in [3.8, 4) is 17.0 Å². The zero-order valence-electron chi connectivity index (χ0n) is 14.5. The molecule has 0 radical (unpaired) electrons. The molecule has 8 nitrogen and oxygen atoms in total. The number of primary amides is 2. The van der Waals surface area contributed by atoms with Crippen molar-refractivity contribution in [2.24, 2.45) is 11.5 Å². The van der Waals surface area contributed by atoms with E-state index in [1.807, 2.05) is 24.3 Å². The minimum atomic E-state index is -0.781. The topological polar surface area (TPSA) is 126 Å². The van der Waals surface area contributed by atoms with Crippen molar-refractivity contribution in [2.75, 3.05) is 31.6 Å². The fourth-order valence-corrected chi connectivity index (χ4v) is 3.12. The molecule has 1 aromatic heterocycles. The highest BCUT2D eigenvalue weighted by atomic mass is 16.5. The number of ether oxygens (including phenoxy) is 1. The van der Waals surface area contributed by atoms with Gasteiger partial charge in [-0.05, 0) is 44.1 Å². The number of aromatic nitrogens is 1. The lowest BCUT2D eigenvalue weighted by Crippen LogP contribution is -2.25. The molecule has 26 heavy (non-hydrogen) atoms. The number of nitrogens with one attached hydrogen (secondary N) is 2. The van der Waals surface area contributed by atoms with Gasteiger partial charge >= 0.3 is 6.03 Å². The van der Waals surface area contributed by atoms with Crippen molar-refractivity contribution in [1.82, 2.24) is 9.88 Å². The van der Waals surface area contributed by atoms with Crippen LogP contribution in [0.15, 0.2) is 30.3 Å². The van der Waals surface area contributed by atoms with E-state index in [1.165, 1.54) is 12.8 Å². The Morgan fingerprint density at radius 2 is 1.92 bits per heavy atom. The summed E-state index contributed by atoms with van der Waals surface area (Å²) in [6, 6.07) is 8.29. The van der Waals surface area contributed by atoms with Crippen molar-refractivity contribution >= 4 is 17.8 Å². The second-order valence-electron chi connectivity index (χ2n) is 6.22. The molecular formula is C18H23N5O3. The van der Waals surface area contributed by atoms with Crippen LogP contribution in [0.1, 0.15) is 23.2 Å². The number of para-hydroxylation sites is 1. The third kappa shape index (κ3) is 4.15. The Bertz CT molecular complexity index is 796. The third-order valence-corrected chi connectivity index (χ3v) is 4.37. The van der Waals surface area contributed by atoms with Gasteiger partial charge in [-0.25, -0.2) is 4.79 Å². The van der Waals surface area contributed by atoms with E-state index in [4.69, 9.17) is 16.2 Å². The highest BCUT2D eigenvalue weighted by Gasteiger charge is 2.17. The van der Waals surface area contributed by atoms with Crippen molar-refractivity contribution in [2.45, 2.75) is 12.8 Å². The molecule has 138 valence electrons. The smallest absolute Gasteiger partial charge is 0.317 e. The van der Waals surface area contributed by atoms with E-state index in [0.29, 0.717) is 18.1 Å². The van der Waals surface area contributed by atoms with Gasteiger partial charge < -0.3 is 21.2 Å². The summed E-state index contributed by atoms with van der Waals surface area (Å²) in [5.74, 6) is 0.199. The lowest BCUT2D eigenvalue weighted by Gasteiger charge is -2.16. The number of carbonyl (C=O) groups excluding carboxylic acids is 2. The molecule has 0 unspecified atom stereocenters. The first-order valence-corrected chi connectivity index (χ1v) is 8.58. The zero-order valence-corrected chi connectivity index (χ0v) is 14.5. The van der Waals surface area contributed by atoms with Crippen LogP contribution in [0.25, 0.3) is 11.3 Å². The number of nitrogens with zero attached hydrogens (tertiary/aromatic N) is 1. The van der Waals surface area contributed by atoms with Crippen LogP contribution in [0.5, 0.6) is 5.75 Å². The lowest BCUT2D eigenvalue weighted by atomic mass is 10.1. The maximum Gasteiger partial charge on any atom is 0.317 e. The largest absolute Gasteiger partial charge is 0.492 e. The number of hydrogen-bond acceptors (Lipinski definition) is 4. The standard InChI is InChI=1S/C18H23N5O3/c19-16(24)13-11-14(21-17(13)22-18(20)25)12-5-1-2-6-15(12)26-10-9-23-7-3-4-8-23/h1-2,5-6,11,21H,3-4,7-10H2,(H2,19,24)(H3,20,22,25). The average molecular weight is 357 g/mol. The van der Waals surface area contributed by atoms with Crippen LogP contribution in [0.2, 0.25) is 0 Å². The molecule has 6 N–H and O–H groups in total. The number of nitrogens with two attached hydrogens (primary N) is 2. The van der Waals surface area contributed by atoms with Gasteiger partial charge in [0.15, 0.2) is 0 Å². The second kappa shape index (κ2) is 7.92. The Labute approximate surface area is 151 Å². The monoisotopic (exact) mass is 357 g/mol. The fourth-order valence-electron chi connectivity index (χ4n) is 3.12. The highest BCUT2D eigenvalue weighted by Crippen LogP contribution is 2.32. The number of amides is 3. The molecule has 0 atom stereocenters. The number of carbonyl (C=O) groups is 2. The molecule has 0 bridgehead atoms. The molecule has 1 aliphatic rings. The number of aromatic amines is 1. The molecule has 1 aromatic carbocycles. The summed E-state index contributed by atoms with van der Waals surface area (Å²) < 4.78 is 5.95. The minimum absolute atomic E-state index is 0.158. The summed E-state index contributed by atoms with van der Waals surface area (Å²) >= 11 is 0. The van der Waals surface area contributed by atoms with Crippen LogP contribution in [0.4, 0.5) is 10.6 Å². The SMILES string of the molecule is NC(=O)Nc1[nH]c(-c2ccccc2OCCN2CCCC2)cc1C(N)=O. The Hall–Kier alpha value is -3.00. The molecule has 1 aliphatic heterocycles. The van der Waals surface area contributed by atoms with Gasteiger partial charge in [0.2, 0.25) is 0 Å². The number of anilines is 1. The summed E-state index contributed by atoms with van der Waals surface area (Å²) in [5.41, 5.74) is 12.1. The minimum Gasteiger partial charge on any atom is -0.492 e. The Balaban J connectivity index is 1.80. The molecule has 0 aliphatic carbocycles. The Kier molecular flexibility index (Phi) is 5.43. The molecular weight excluding hydrogens is 334 g/mol. The predicted octanol–water partition coefficient (Wildman–Crippen LogP) is 1.75. The van der Waals surface area contributed by atoms with Crippen LogP contribution >= 0.6 is 0 Å². The van der Waals surface area contributed by atoms with Crippen LogP contribution < -0.4 is 21.5 Å². The number of H-pyrrole nitrogens is 1. The molecule has 1 saturated heterocycles. The van der Waals surface area contributed by atoms with E-state index in [0.717, 1.165) is 25.2 Å². The maximum absolute atomic E-state index is 11.6. The van der Waals surface area contributed by atoms with Gasteiger partial charge in [0, 0.05) is 12.1 Å². The van der Waals surface area contributed by atoms with Gasteiger partial charge in [0.25, 0.3) is 5.91 Å². The van der Waals surface area contributed by atoms with Gasteiger partial charge in [0.05, 0.1) is 11.3 Å². The number of rotatable bonds is 7. The van der Waals surface area contributed by atoms with E-state index in [2.05, 4.69) is 15.2 Å². The van der Waals surface area contributed by atoms with E-state index in [-0.39, 0.29) is 11.4 Å². The molecule has 2 aromatic rings. The molecule has 3 amide bonds. The van der Waals surface area contributed by atoms with E-state index in [9.17, 15) is 9.59 Å². The van der Waals surface area contributed by atoms with Gasteiger partial charge in [-0.15, -0.1) is 0 Å². The quantitative estimate of drug-likeness (QED) is 0.602. The maximum atomic E-state index is 11.6. The van der Waals surface area contributed by atoms with E-state index >= 15 is 0 Å². The molecule has 0 saturated carbocycles. The summed E-state index contributed by atoms with van der Waals surface area (Å²) in [6.07, 6.45) is 2.48. The molecule has 3 rings (SSSR count). The third-order valence-electron chi connectivity index (χ3n) is 4.37. The van der Waals surface area contributed by atoms with E-state index in [1.54, 1.807) is 6.07 Å². The summed E-state index contributed by atoms with van der Waals surface area (Å²) in [4.78, 5) is 28.1. The first kappa shape index (κ1) is 17.8. The molecule has 8 heteroatoms. The van der Waals surface area contributed by atoms with Crippen molar-refractivity contribution in [3.05, 3.63) is 35.9 Å². The van der Waals surface area contributed by atoms with Gasteiger partial charge in [-0.3, -0.25) is 15.0 Å². The average Bonchev–Trinajstić information content (AvgIpc) is 3.24. The van der Waals surface area contributed by atoms with Gasteiger partial charge in [0.1, 0.15) is 18.2 Å². The first-order valence-electron chi connectivity index (χ1n) is 8.58. The van der Waals surface area contributed by atoms with Gasteiger partial charge in [-0.1, -0.05) is 12.1 Å². The van der Waals surface area contributed by atoms with Gasteiger partial charge in [-0.2, -0.15) is 0 Å². The highest BCUT2D eigenvalue weighted by molar-refractivity contribution is 6.03. The predicted molar refractivity (Wildman–Crippen MR) is 99.1 cm³/mol. The van der Waals surface area contributed by atoms with E-state index < -0.39 is 11.9 Å². The lowest BCUT2D eigenvalue weighted by molar-refractivity contribution is 0.100. The van der Waals surface area contributed by atoms with Crippen LogP contribution in [-0.2, 0) is 0 Å².